The van der Waals surface area contributed by atoms with Gasteiger partial charge in [-0.15, -0.1) is 0 Å². The van der Waals surface area contributed by atoms with E-state index in [1.165, 1.54) is 7.11 Å². The molecule has 0 radical (unpaired) electrons. The lowest BCUT2D eigenvalue weighted by Gasteiger charge is -2.13. The van der Waals surface area contributed by atoms with Gasteiger partial charge in [0.25, 0.3) is 0 Å². The van der Waals surface area contributed by atoms with E-state index >= 15 is 0 Å². The molecule has 1 aromatic rings. The number of hydrogen-bond donors (Lipinski definition) is 0. The van der Waals surface area contributed by atoms with Crippen molar-refractivity contribution in [1.29, 1.82) is 0 Å². The maximum Gasteiger partial charge on any atom is 0.334 e. The number of methoxy groups -OCH3 is 1. The number of hydrogen-bond acceptors (Lipinski definition) is 5. The molecule has 1 fully saturated rings. The average molecular weight is 292 g/mol. The summed E-state index contributed by atoms with van der Waals surface area (Å²) in [7, 11) is 1.36. The molecule has 2 rings (SSSR count). The van der Waals surface area contributed by atoms with Gasteiger partial charge in [0.05, 0.1) is 13.2 Å². The van der Waals surface area contributed by atoms with E-state index in [4.69, 9.17) is 9.47 Å². The molecule has 1 aliphatic rings. The quantitative estimate of drug-likeness (QED) is 0.750. The number of carbonyl (C=O) groups excluding carboxylic acids is 2. The number of benzene rings is 1. The Balaban J connectivity index is 1.78. The SMILES string of the molecule is COC(=O)C1CCC(COc2ccc(CC(C)=O)cc2)O1. The van der Waals surface area contributed by atoms with Gasteiger partial charge in [-0.25, -0.2) is 4.79 Å². The molecule has 114 valence electrons. The van der Waals surface area contributed by atoms with Crippen molar-refractivity contribution in [3.8, 4) is 5.75 Å². The number of esters is 1. The molecular formula is C16H20O5. The fraction of sp³-hybridized carbons (Fsp3) is 0.500. The highest BCUT2D eigenvalue weighted by Gasteiger charge is 2.31. The molecule has 21 heavy (non-hydrogen) atoms. The fourth-order valence-corrected chi connectivity index (χ4v) is 2.31. The Morgan fingerprint density at radius 2 is 1.95 bits per heavy atom. The van der Waals surface area contributed by atoms with Crippen LogP contribution in [-0.4, -0.2) is 37.7 Å². The minimum Gasteiger partial charge on any atom is -0.491 e. The lowest BCUT2D eigenvalue weighted by atomic mass is 10.1. The van der Waals surface area contributed by atoms with Crippen molar-refractivity contribution in [2.75, 3.05) is 13.7 Å². The summed E-state index contributed by atoms with van der Waals surface area (Å²) in [5, 5.41) is 0. The highest BCUT2D eigenvalue weighted by molar-refractivity contribution is 5.78. The van der Waals surface area contributed by atoms with Crippen LogP contribution >= 0.6 is 0 Å². The first-order chi connectivity index (χ1) is 10.1. The molecule has 1 aromatic carbocycles. The number of ketones is 1. The summed E-state index contributed by atoms with van der Waals surface area (Å²) in [5.74, 6) is 0.537. The largest absolute Gasteiger partial charge is 0.491 e. The Labute approximate surface area is 124 Å². The van der Waals surface area contributed by atoms with E-state index < -0.39 is 6.10 Å². The molecule has 1 saturated heterocycles. The third-order valence-electron chi connectivity index (χ3n) is 3.38. The van der Waals surface area contributed by atoms with Gasteiger partial charge in [-0.1, -0.05) is 12.1 Å². The van der Waals surface area contributed by atoms with Gasteiger partial charge in [-0.05, 0) is 37.5 Å². The van der Waals surface area contributed by atoms with Crippen LogP contribution in [0, 0.1) is 0 Å². The Hall–Kier alpha value is -1.88. The van der Waals surface area contributed by atoms with Crippen LogP contribution in [0.5, 0.6) is 5.75 Å². The van der Waals surface area contributed by atoms with Gasteiger partial charge in [0.1, 0.15) is 18.1 Å². The van der Waals surface area contributed by atoms with Crippen LogP contribution in [0.1, 0.15) is 25.3 Å². The monoisotopic (exact) mass is 292 g/mol. The molecule has 1 aliphatic heterocycles. The van der Waals surface area contributed by atoms with Crippen LogP contribution in [-0.2, 0) is 25.5 Å². The molecular weight excluding hydrogens is 272 g/mol. The predicted molar refractivity (Wildman–Crippen MR) is 76.2 cm³/mol. The maximum atomic E-state index is 11.3. The normalized spacial score (nSPS) is 21.0. The Bertz CT molecular complexity index is 494. The van der Waals surface area contributed by atoms with Crippen molar-refractivity contribution in [2.24, 2.45) is 0 Å². The third-order valence-corrected chi connectivity index (χ3v) is 3.38. The zero-order chi connectivity index (χ0) is 15.2. The number of Topliss-reactive ketones (excluding diaryl/α,β-unsaturated/α-hetero) is 1. The van der Waals surface area contributed by atoms with Crippen LogP contribution in [0.2, 0.25) is 0 Å². The van der Waals surface area contributed by atoms with E-state index in [0.717, 1.165) is 17.7 Å². The molecule has 0 amide bonds. The lowest BCUT2D eigenvalue weighted by Crippen LogP contribution is -2.25. The van der Waals surface area contributed by atoms with Crippen molar-refractivity contribution in [3.63, 3.8) is 0 Å². The van der Waals surface area contributed by atoms with Crippen LogP contribution in [0.25, 0.3) is 0 Å². The first kappa shape index (κ1) is 15.5. The van der Waals surface area contributed by atoms with Gasteiger partial charge in [0, 0.05) is 6.42 Å². The van der Waals surface area contributed by atoms with E-state index in [0.29, 0.717) is 19.4 Å². The molecule has 0 spiro atoms. The summed E-state index contributed by atoms with van der Waals surface area (Å²) in [6.07, 6.45) is 1.32. The summed E-state index contributed by atoms with van der Waals surface area (Å²) in [4.78, 5) is 22.4. The van der Waals surface area contributed by atoms with Crippen molar-refractivity contribution < 1.29 is 23.8 Å². The molecule has 0 aromatic heterocycles. The van der Waals surface area contributed by atoms with Gasteiger partial charge in [0.15, 0.2) is 6.10 Å². The van der Waals surface area contributed by atoms with Gasteiger partial charge in [-0.3, -0.25) is 4.79 Å². The molecule has 1 heterocycles. The molecule has 0 aliphatic carbocycles. The zero-order valence-corrected chi connectivity index (χ0v) is 12.3. The fourth-order valence-electron chi connectivity index (χ4n) is 2.31. The van der Waals surface area contributed by atoms with Gasteiger partial charge in [0.2, 0.25) is 0 Å². The summed E-state index contributed by atoms with van der Waals surface area (Å²) in [6, 6.07) is 7.43. The van der Waals surface area contributed by atoms with Gasteiger partial charge >= 0.3 is 5.97 Å². The molecule has 0 bridgehead atoms. The molecule has 2 atom stereocenters. The van der Waals surface area contributed by atoms with Crippen LogP contribution in [0.4, 0.5) is 0 Å². The molecule has 5 heteroatoms. The average Bonchev–Trinajstić information content (AvgIpc) is 2.94. The second kappa shape index (κ2) is 7.22. The first-order valence-electron chi connectivity index (χ1n) is 7.03. The highest BCUT2D eigenvalue weighted by Crippen LogP contribution is 2.22. The van der Waals surface area contributed by atoms with Gasteiger partial charge in [-0.2, -0.15) is 0 Å². The number of carbonyl (C=O) groups is 2. The van der Waals surface area contributed by atoms with Gasteiger partial charge < -0.3 is 14.2 Å². The van der Waals surface area contributed by atoms with E-state index in [1.54, 1.807) is 6.92 Å². The molecule has 0 N–H and O–H groups in total. The Morgan fingerprint density at radius 1 is 1.24 bits per heavy atom. The lowest BCUT2D eigenvalue weighted by molar-refractivity contribution is -0.153. The minimum atomic E-state index is -0.471. The van der Waals surface area contributed by atoms with E-state index in [9.17, 15) is 9.59 Å². The second-order valence-corrected chi connectivity index (χ2v) is 5.18. The van der Waals surface area contributed by atoms with E-state index in [-0.39, 0.29) is 17.9 Å². The molecule has 5 nitrogen and oxygen atoms in total. The van der Waals surface area contributed by atoms with Crippen molar-refractivity contribution in [3.05, 3.63) is 29.8 Å². The predicted octanol–water partition coefficient (Wildman–Crippen LogP) is 1.92. The standard InChI is InChI=1S/C16H20O5/c1-11(17)9-12-3-5-13(6-4-12)20-10-14-7-8-15(21-14)16(18)19-2/h3-6,14-15H,7-10H2,1-2H3. The van der Waals surface area contributed by atoms with Crippen LogP contribution in [0.3, 0.4) is 0 Å². The Kier molecular flexibility index (Phi) is 5.33. The summed E-state index contributed by atoms with van der Waals surface area (Å²) in [5.41, 5.74) is 0.970. The highest BCUT2D eigenvalue weighted by atomic mass is 16.6. The molecule has 2 unspecified atom stereocenters. The zero-order valence-electron chi connectivity index (χ0n) is 12.3. The van der Waals surface area contributed by atoms with Crippen molar-refractivity contribution in [1.82, 2.24) is 0 Å². The second-order valence-electron chi connectivity index (χ2n) is 5.18. The van der Waals surface area contributed by atoms with Crippen molar-refractivity contribution in [2.45, 2.75) is 38.4 Å². The summed E-state index contributed by atoms with van der Waals surface area (Å²) >= 11 is 0. The summed E-state index contributed by atoms with van der Waals surface area (Å²) in [6.45, 7) is 1.97. The first-order valence-corrected chi connectivity index (χ1v) is 7.03. The third kappa shape index (κ3) is 4.56. The minimum absolute atomic E-state index is 0.0917. The Morgan fingerprint density at radius 3 is 2.57 bits per heavy atom. The smallest absolute Gasteiger partial charge is 0.334 e. The summed E-state index contributed by atoms with van der Waals surface area (Å²) < 4.78 is 15.9. The van der Waals surface area contributed by atoms with Crippen LogP contribution in [0.15, 0.2) is 24.3 Å². The van der Waals surface area contributed by atoms with Crippen molar-refractivity contribution >= 4 is 11.8 Å². The van der Waals surface area contributed by atoms with Crippen LogP contribution < -0.4 is 4.74 Å². The van der Waals surface area contributed by atoms with E-state index in [1.807, 2.05) is 24.3 Å². The van der Waals surface area contributed by atoms with E-state index in [2.05, 4.69) is 4.74 Å². The number of ether oxygens (including phenoxy) is 3. The maximum absolute atomic E-state index is 11.3. The molecule has 0 saturated carbocycles. The number of rotatable bonds is 6. The topological polar surface area (TPSA) is 61.8 Å².